The van der Waals surface area contributed by atoms with Crippen molar-refractivity contribution in [2.75, 3.05) is 6.61 Å². The lowest BCUT2D eigenvalue weighted by Crippen LogP contribution is -2.50. The minimum atomic E-state index is -0.790. The zero-order chi connectivity index (χ0) is 24.8. The van der Waals surface area contributed by atoms with Crippen LogP contribution in [-0.4, -0.2) is 49.0 Å². The molecule has 3 aromatic heterocycles. The average Bonchev–Trinajstić information content (AvgIpc) is 3.62. The van der Waals surface area contributed by atoms with E-state index in [9.17, 15) is 19.5 Å². The molecule has 36 heavy (non-hydrogen) atoms. The summed E-state index contributed by atoms with van der Waals surface area (Å²) in [6, 6.07) is 9.71. The standard InChI is InChI=1S/C27H27N5O4/c33-15-21-20-14-31-22(6-5-19(27(31)36)18-2-1-9-29-13-18)23(20)32(26(35)17-3-4-17)24(21)25(34)30-12-16-7-10-28-11-8-16/h1-2,5-11,13,17,20-21,23-24,33H,3-4,12,14-15H2,(H,30,34)/t20-,21-,23+,24-/m1/s1. The SMILES string of the molecule is O=C(NCc1ccncc1)[C@H]1[C@H](CO)[C@H]2Cn3c(ccc(-c4cccnc4)c3=O)[C@H]2N1C(=O)C1CC1. The number of nitrogens with zero attached hydrogens (tertiary/aromatic N) is 4. The predicted octanol–water partition coefficient (Wildman–Crippen LogP) is 1.52. The van der Waals surface area contributed by atoms with Gasteiger partial charge in [-0.1, -0.05) is 6.07 Å². The van der Waals surface area contributed by atoms with Gasteiger partial charge in [0.2, 0.25) is 11.8 Å². The van der Waals surface area contributed by atoms with Crippen molar-refractivity contribution in [3.8, 4) is 11.1 Å². The second-order valence-electron chi connectivity index (χ2n) is 9.82. The monoisotopic (exact) mass is 485 g/mol. The van der Waals surface area contributed by atoms with Gasteiger partial charge in [-0.05, 0) is 48.7 Å². The highest BCUT2D eigenvalue weighted by molar-refractivity contribution is 5.91. The Balaban J connectivity index is 1.36. The fourth-order valence-electron chi connectivity index (χ4n) is 5.81. The second kappa shape index (κ2) is 8.98. The van der Waals surface area contributed by atoms with E-state index in [1.807, 2.05) is 24.3 Å². The van der Waals surface area contributed by atoms with Gasteiger partial charge in [-0.3, -0.25) is 24.4 Å². The summed E-state index contributed by atoms with van der Waals surface area (Å²) in [4.78, 5) is 50.3. The van der Waals surface area contributed by atoms with Crippen molar-refractivity contribution in [2.45, 2.75) is 38.0 Å². The van der Waals surface area contributed by atoms with Crippen LogP contribution in [0.25, 0.3) is 11.1 Å². The fourth-order valence-corrected chi connectivity index (χ4v) is 5.81. The molecule has 3 aliphatic rings. The van der Waals surface area contributed by atoms with Crippen molar-refractivity contribution < 1.29 is 14.7 Å². The fraction of sp³-hybridized carbons (Fsp3) is 0.370. The van der Waals surface area contributed by atoms with E-state index in [0.29, 0.717) is 18.7 Å². The molecule has 2 amide bonds. The number of hydrogen-bond acceptors (Lipinski definition) is 6. The van der Waals surface area contributed by atoms with Gasteiger partial charge < -0.3 is 19.9 Å². The third-order valence-corrected chi connectivity index (χ3v) is 7.71. The molecule has 0 aromatic carbocycles. The summed E-state index contributed by atoms with van der Waals surface area (Å²) in [7, 11) is 0. The molecule has 2 aliphatic heterocycles. The second-order valence-corrected chi connectivity index (χ2v) is 9.82. The van der Waals surface area contributed by atoms with Crippen LogP contribution in [-0.2, 0) is 22.7 Å². The van der Waals surface area contributed by atoms with E-state index >= 15 is 0 Å². The molecule has 4 atom stereocenters. The first-order chi connectivity index (χ1) is 17.6. The number of hydrogen-bond donors (Lipinski definition) is 2. The van der Waals surface area contributed by atoms with Gasteiger partial charge in [-0.2, -0.15) is 0 Å². The number of likely N-dealkylation sites (tertiary alicyclic amines) is 1. The van der Waals surface area contributed by atoms with Gasteiger partial charge >= 0.3 is 0 Å². The largest absolute Gasteiger partial charge is 0.396 e. The third kappa shape index (κ3) is 3.71. The highest BCUT2D eigenvalue weighted by atomic mass is 16.3. The normalized spacial score (nSPS) is 24.3. The molecule has 0 unspecified atom stereocenters. The predicted molar refractivity (Wildman–Crippen MR) is 130 cm³/mol. The lowest BCUT2D eigenvalue weighted by molar-refractivity contribution is -0.142. The molecular weight excluding hydrogens is 458 g/mol. The van der Waals surface area contributed by atoms with Crippen LogP contribution < -0.4 is 10.9 Å². The van der Waals surface area contributed by atoms with Crippen LogP contribution in [0.4, 0.5) is 0 Å². The zero-order valence-corrected chi connectivity index (χ0v) is 19.7. The third-order valence-electron chi connectivity index (χ3n) is 7.71. The lowest BCUT2D eigenvalue weighted by Gasteiger charge is -2.31. The molecule has 6 rings (SSSR count). The molecule has 184 valence electrons. The van der Waals surface area contributed by atoms with Crippen LogP contribution in [0.2, 0.25) is 0 Å². The Bertz CT molecular complexity index is 1360. The Morgan fingerprint density at radius 2 is 1.86 bits per heavy atom. The van der Waals surface area contributed by atoms with Gasteiger partial charge in [0.25, 0.3) is 5.56 Å². The quantitative estimate of drug-likeness (QED) is 0.547. The van der Waals surface area contributed by atoms with E-state index in [1.165, 1.54) is 0 Å². The molecule has 1 aliphatic carbocycles. The lowest BCUT2D eigenvalue weighted by atomic mass is 9.88. The summed E-state index contributed by atoms with van der Waals surface area (Å²) in [5.74, 6) is -1.16. The highest BCUT2D eigenvalue weighted by Gasteiger charge is 2.58. The Morgan fingerprint density at radius 1 is 1.06 bits per heavy atom. The number of carbonyl (C=O) groups is 2. The van der Waals surface area contributed by atoms with Gasteiger partial charge in [0.1, 0.15) is 6.04 Å². The van der Waals surface area contributed by atoms with Crippen LogP contribution in [0.3, 0.4) is 0 Å². The maximum atomic E-state index is 13.5. The number of carbonyl (C=O) groups excluding carboxylic acids is 2. The molecule has 1 saturated carbocycles. The first-order valence-electron chi connectivity index (χ1n) is 12.3. The topological polar surface area (TPSA) is 117 Å². The number of aromatic nitrogens is 3. The number of fused-ring (bicyclic) bond motifs is 3. The number of pyridine rings is 3. The van der Waals surface area contributed by atoms with Gasteiger partial charge in [0.05, 0.1) is 6.04 Å². The van der Waals surface area contributed by atoms with Gasteiger partial charge in [0.15, 0.2) is 0 Å². The van der Waals surface area contributed by atoms with E-state index in [1.54, 1.807) is 46.4 Å². The minimum absolute atomic E-state index is 0.0674. The van der Waals surface area contributed by atoms with E-state index in [0.717, 1.165) is 29.7 Å². The van der Waals surface area contributed by atoms with E-state index in [2.05, 4.69) is 15.3 Å². The van der Waals surface area contributed by atoms with Gasteiger partial charge in [-0.25, -0.2) is 0 Å². The van der Waals surface area contributed by atoms with Crippen molar-refractivity contribution in [3.05, 3.63) is 82.8 Å². The van der Waals surface area contributed by atoms with Crippen molar-refractivity contribution in [2.24, 2.45) is 17.8 Å². The summed E-state index contributed by atoms with van der Waals surface area (Å²) >= 11 is 0. The Hall–Kier alpha value is -3.85. The number of aliphatic hydroxyl groups excluding tert-OH is 1. The van der Waals surface area contributed by atoms with E-state index in [4.69, 9.17) is 0 Å². The maximum absolute atomic E-state index is 13.5. The Labute approximate surface area is 207 Å². The van der Waals surface area contributed by atoms with Gasteiger partial charge in [0, 0.05) is 79.1 Å². The number of nitrogens with one attached hydrogen (secondary N) is 1. The molecular formula is C27H27N5O4. The molecule has 9 heteroatoms. The van der Waals surface area contributed by atoms with Crippen LogP contribution in [0.15, 0.2) is 66.0 Å². The zero-order valence-electron chi connectivity index (χ0n) is 19.7. The highest BCUT2D eigenvalue weighted by Crippen LogP contribution is 2.51. The van der Waals surface area contributed by atoms with Crippen molar-refractivity contribution >= 4 is 11.8 Å². The average molecular weight is 486 g/mol. The summed E-state index contributed by atoms with van der Waals surface area (Å²) < 4.78 is 1.71. The smallest absolute Gasteiger partial charge is 0.258 e. The van der Waals surface area contributed by atoms with Crippen molar-refractivity contribution in [3.63, 3.8) is 0 Å². The number of aliphatic hydroxyl groups is 1. The van der Waals surface area contributed by atoms with Gasteiger partial charge in [-0.15, -0.1) is 0 Å². The molecule has 0 radical (unpaired) electrons. The Kier molecular flexibility index (Phi) is 5.64. The van der Waals surface area contributed by atoms with E-state index < -0.39 is 18.0 Å². The molecule has 2 N–H and O–H groups in total. The van der Waals surface area contributed by atoms with E-state index in [-0.39, 0.29) is 35.8 Å². The summed E-state index contributed by atoms with van der Waals surface area (Å²) in [5, 5.41) is 13.4. The first-order valence-corrected chi connectivity index (χ1v) is 12.3. The molecule has 5 heterocycles. The van der Waals surface area contributed by atoms with Crippen LogP contribution >= 0.6 is 0 Å². The number of rotatable bonds is 6. The van der Waals surface area contributed by atoms with Crippen LogP contribution in [0.1, 0.15) is 30.1 Å². The molecule has 0 spiro atoms. The van der Waals surface area contributed by atoms with Crippen molar-refractivity contribution in [1.29, 1.82) is 0 Å². The Morgan fingerprint density at radius 3 is 2.56 bits per heavy atom. The summed E-state index contributed by atoms with van der Waals surface area (Å²) in [6.45, 7) is 0.406. The maximum Gasteiger partial charge on any atom is 0.258 e. The van der Waals surface area contributed by atoms with Crippen LogP contribution in [0, 0.1) is 17.8 Å². The summed E-state index contributed by atoms with van der Waals surface area (Å²) in [6.07, 6.45) is 8.24. The molecule has 2 fully saturated rings. The molecule has 1 saturated heterocycles. The first kappa shape index (κ1) is 22.6. The number of amides is 2. The molecule has 0 bridgehead atoms. The summed E-state index contributed by atoms with van der Waals surface area (Å²) in [5.41, 5.74) is 2.74. The van der Waals surface area contributed by atoms with Crippen LogP contribution in [0.5, 0.6) is 0 Å². The molecule has 3 aromatic rings. The molecule has 9 nitrogen and oxygen atoms in total. The minimum Gasteiger partial charge on any atom is -0.396 e. The van der Waals surface area contributed by atoms with Crippen molar-refractivity contribution in [1.82, 2.24) is 24.8 Å².